The Morgan fingerprint density at radius 2 is 2.18 bits per heavy atom. The van der Waals surface area contributed by atoms with E-state index < -0.39 is 0 Å². The zero-order valence-electron chi connectivity index (χ0n) is 6.05. The van der Waals surface area contributed by atoms with Crippen LogP contribution in [-0.4, -0.2) is 11.0 Å². The van der Waals surface area contributed by atoms with Crippen molar-refractivity contribution in [2.24, 2.45) is 17.8 Å². The van der Waals surface area contributed by atoms with Crippen LogP contribution in [0.3, 0.4) is 0 Å². The van der Waals surface area contributed by atoms with Gasteiger partial charge in [-0.05, 0) is 30.4 Å². The predicted molar refractivity (Wildman–Crippen MR) is 40.2 cm³/mol. The van der Waals surface area contributed by atoms with Crippen molar-refractivity contribution in [1.82, 2.24) is 0 Å². The van der Waals surface area contributed by atoms with Crippen LogP contribution in [0.2, 0.25) is 0 Å². The van der Waals surface area contributed by atoms with Crippen molar-refractivity contribution in [3.8, 4) is 0 Å². The maximum Gasteiger partial charge on any atom is 0.225 e. The van der Waals surface area contributed by atoms with Crippen molar-refractivity contribution in [2.45, 2.75) is 19.3 Å². The summed E-state index contributed by atoms with van der Waals surface area (Å²) in [5.74, 6) is 0.536. The molecule has 2 fully saturated rings. The van der Waals surface area contributed by atoms with Gasteiger partial charge in [0, 0.05) is 18.3 Å². The molecule has 0 aromatic rings. The topological polar surface area (TPSA) is 34.1 Å². The Bertz CT molecular complexity index is 224. The number of hydrogen-bond acceptors (Lipinski definition) is 2. The normalized spacial score (nSPS) is 41.5. The smallest absolute Gasteiger partial charge is 0.225 e. The summed E-state index contributed by atoms with van der Waals surface area (Å²) < 4.78 is 0. The minimum absolute atomic E-state index is 0.0231. The van der Waals surface area contributed by atoms with Crippen LogP contribution in [0.1, 0.15) is 19.3 Å². The van der Waals surface area contributed by atoms with Crippen LogP contribution in [0.15, 0.2) is 0 Å². The van der Waals surface area contributed by atoms with E-state index in [9.17, 15) is 9.59 Å². The summed E-state index contributed by atoms with van der Waals surface area (Å²) >= 11 is 5.35. The second-order valence-corrected chi connectivity index (χ2v) is 3.90. The van der Waals surface area contributed by atoms with Crippen LogP contribution >= 0.6 is 11.6 Å². The molecule has 0 aliphatic heterocycles. The molecule has 2 rings (SSSR count). The highest BCUT2D eigenvalue weighted by molar-refractivity contribution is 6.64. The van der Waals surface area contributed by atoms with Gasteiger partial charge < -0.3 is 0 Å². The number of halogens is 1. The SMILES string of the molecule is O=C1C[C@@H]2C[C@H]1[C@H](C(=O)Cl)C2. The van der Waals surface area contributed by atoms with E-state index in [0.29, 0.717) is 12.3 Å². The highest BCUT2D eigenvalue weighted by Crippen LogP contribution is 2.46. The van der Waals surface area contributed by atoms with Gasteiger partial charge in [0.1, 0.15) is 5.78 Å². The molecule has 2 bridgehead atoms. The molecular weight excluding hydrogens is 164 g/mol. The fourth-order valence-corrected chi connectivity index (χ4v) is 2.59. The maximum absolute atomic E-state index is 11.1. The predicted octanol–water partition coefficient (Wildman–Crippen LogP) is 1.37. The average Bonchev–Trinajstić information content (AvgIpc) is 2.43. The third-order valence-corrected chi connectivity index (χ3v) is 3.14. The molecule has 0 unspecified atom stereocenters. The summed E-state index contributed by atoms with van der Waals surface area (Å²) in [6.45, 7) is 0. The molecule has 0 aromatic heterocycles. The van der Waals surface area contributed by atoms with Gasteiger partial charge in [-0.2, -0.15) is 0 Å². The summed E-state index contributed by atoms with van der Waals surface area (Å²) in [6, 6.07) is 0. The van der Waals surface area contributed by atoms with E-state index in [0.717, 1.165) is 12.8 Å². The van der Waals surface area contributed by atoms with Crippen molar-refractivity contribution in [1.29, 1.82) is 0 Å². The van der Waals surface area contributed by atoms with Crippen molar-refractivity contribution >= 4 is 22.6 Å². The van der Waals surface area contributed by atoms with Gasteiger partial charge in [0.05, 0.1) is 0 Å². The minimum Gasteiger partial charge on any atom is -0.299 e. The van der Waals surface area contributed by atoms with Crippen molar-refractivity contribution in [3.63, 3.8) is 0 Å². The maximum atomic E-state index is 11.1. The second kappa shape index (κ2) is 2.31. The quantitative estimate of drug-likeness (QED) is 0.560. The van der Waals surface area contributed by atoms with Crippen LogP contribution in [0.5, 0.6) is 0 Å². The first-order valence-electron chi connectivity index (χ1n) is 3.90. The highest BCUT2D eigenvalue weighted by atomic mass is 35.5. The minimum atomic E-state index is -0.314. The molecule has 3 heteroatoms. The summed E-state index contributed by atoms with van der Waals surface area (Å²) in [4.78, 5) is 21.9. The van der Waals surface area contributed by atoms with Gasteiger partial charge in [0.2, 0.25) is 5.24 Å². The van der Waals surface area contributed by atoms with Crippen LogP contribution in [-0.2, 0) is 9.59 Å². The van der Waals surface area contributed by atoms with E-state index in [1.165, 1.54) is 0 Å². The van der Waals surface area contributed by atoms with Crippen LogP contribution < -0.4 is 0 Å². The van der Waals surface area contributed by atoms with Gasteiger partial charge in [0.15, 0.2) is 0 Å². The van der Waals surface area contributed by atoms with Gasteiger partial charge >= 0.3 is 0 Å². The van der Waals surface area contributed by atoms with Gasteiger partial charge in [-0.1, -0.05) is 0 Å². The fourth-order valence-electron chi connectivity index (χ4n) is 2.35. The number of fused-ring (bicyclic) bond motifs is 2. The Kier molecular flexibility index (Phi) is 1.53. The lowest BCUT2D eigenvalue weighted by Gasteiger charge is -2.15. The van der Waals surface area contributed by atoms with E-state index in [1.54, 1.807) is 0 Å². The van der Waals surface area contributed by atoms with Gasteiger partial charge in [-0.15, -0.1) is 0 Å². The Morgan fingerprint density at radius 3 is 2.55 bits per heavy atom. The second-order valence-electron chi connectivity index (χ2n) is 3.52. The molecule has 0 radical (unpaired) electrons. The van der Waals surface area contributed by atoms with Crippen LogP contribution in [0.4, 0.5) is 0 Å². The number of hydrogen-bond donors (Lipinski definition) is 0. The lowest BCUT2D eigenvalue weighted by atomic mass is 9.89. The third kappa shape index (κ3) is 1.00. The Balaban J connectivity index is 2.18. The molecule has 0 amide bonds. The zero-order chi connectivity index (χ0) is 8.01. The number of carbonyl (C=O) groups is 2. The van der Waals surface area contributed by atoms with E-state index in [-0.39, 0.29) is 22.9 Å². The largest absolute Gasteiger partial charge is 0.299 e. The van der Waals surface area contributed by atoms with E-state index >= 15 is 0 Å². The first kappa shape index (κ1) is 7.29. The van der Waals surface area contributed by atoms with Gasteiger partial charge in [-0.3, -0.25) is 9.59 Å². The molecule has 0 saturated heterocycles. The van der Waals surface area contributed by atoms with Crippen molar-refractivity contribution < 1.29 is 9.59 Å². The Labute approximate surface area is 69.9 Å². The molecule has 2 nitrogen and oxygen atoms in total. The first-order valence-corrected chi connectivity index (χ1v) is 4.28. The van der Waals surface area contributed by atoms with Crippen LogP contribution in [0.25, 0.3) is 0 Å². The molecule has 0 heterocycles. The molecule has 11 heavy (non-hydrogen) atoms. The molecule has 2 aliphatic rings. The standard InChI is InChI=1S/C8H9ClO2/c9-8(11)6-2-4-1-5(6)7(10)3-4/h4-6H,1-3H2/t4-,5+,6-/m1/s1. The Hall–Kier alpha value is -0.370. The monoisotopic (exact) mass is 172 g/mol. The summed E-state index contributed by atoms with van der Waals surface area (Å²) in [5.41, 5.74) is 0. The highest BCUT2D eigenvalue weighted by Gasteiger charge is 2.47. The molecule has 0 aromatic carbocycles. The van der Waals surface area contributed by atoms with E-state index in [2.05, 4.69) is 0 Å². The Morgan fingerprint density at radius 1 is 1.45 bits per heavy atom. The summed E-state index contributed by atoms with van der Waals surface area (Å²) in [5, 5.41) is -0.314. The third-order valence-electron chi connectivity index (χ3n) is 2.86. The van der Waals surface area contributed by atoms with Crippen LogP contribution in [0, 0.1) is 17.8 Å². The first-order chi connectivity index (χ1) is 5.18. The lowest BCUT2D eigenvalue weighted by Crippen LogP contribution is -2.23. The number of carbonyl (C=O) groups excluding carboxylic acids is 2. The molecule has 0 N–H and O–H groups in total. The summed E-state index contributed by atoms with van der Waals surface area (Å²) in [6.07, 6.45) is 2.44. The average molecular weight is 173 g/mol. The molecular formula is C8H9ClO2. The molecule has 3 atom stereocenters. The molecule has 2 saturated carbocycles. The fraction of sp³-hybridized carbons (Fsp3) is 0.750. The van der Waals surface area contributed by atoms with Crippen molar-refractivity contribution in [3.05, 3.63) is 0 Å². The zero-order valence-corrected chi connectivity index (χ0v) is 6.80. The van der Waals surface area contributed by atoms with Crippen molar-refractivity contribution in [2.75, 3.05) is 0 Å². The summed E-state index contributed by atoms with van der Waals surface area (Å²) in [7, 11) is 0. The number of rotatable bonds is 1. The number of Topliss-reactive ketones (excluding diaryl/α,β-unsaturated/α-hetero) is 1. The molecule has 60 valence electrons. The van der Waals surface area contributed by atoms with Gasteiger partial charge in [0.25, 0.3) is 0 Å². The van der Waals surface area contributed by atoms with E-state index in [4.69, 9.17) is 11.6 Å². The molecule has 0 spiro atoms. The van der Waals surface area contributed by atoms with Gasteiger partial charge in [-0.25, -0.2) is 0 Å². The van der Waals surface area contributed by atoms with E-state index in [1.807, 2.05) is 0 Å². The lowest BCUT2D eigenvalue weighted by molar-refractivity contribution is -0.128. The number of ketones is 1. The molecule has 2 aliphatic carbocycles.